The summed E-state index contributed by atoms with van der Waals surface area (Å²) in [5.41, 5.74) is 4.44. The van der Waals surface area contributed by atoms with E-state index in [4.69, 9.17) is 4.98 Å². The Bertz CT molecular complexity index is 1060. The molecule has 0 saturated heterocycles. The van der Waals surface area contributed by atoms with Gasteiger partial charge in [-0.3, -0.25) is 9.78 Å². The van der Waals surface area contributed by atoms with E-state index in [1.54, 1.807) is 17.5 Å². The van der Waals surface area contributed by atoms with Crippen molar-refractivity contribution in [3.63, 3.8) is 0 Å². The Balaban J connectivity index is 1.51. The number of nitrogens with zero attached hydrogens (tertiary/aromatic N) is 2. The first-order chi connectivity index (χ1) is 13.8. The van der Waals surface area contributed by atoms with Gasteiger partial charge in [-0.15, -0.1) is 11.3 Å². The van der Waals surface area contributed by atoms with Gasteiger partial charge in [0.05, 0.1) is 5.69 Å². The second kappa shape index (κ2) is 8.59. The third-order valence-corrected chi connectivity index (χ3v) is 5.24. The zero-order chi connectivity index (χ0) is 19.2. The van der Waals surface area contributed by atoms with Gasteiger partial charge in [0, 0.05) is 46.9 Å². The van der Waals surface area contributed by atoms with Crippen LogP contribution in [-0.4, -0.2) is 22.4 Å². The molecule has 4 rings (SSSR count). The molecule has 0 atom stereocenters. The van der Waals surface area contributed by atoms with Gasteiger partial charge in [0.2, 0.25) is 0 Å². The molecule has 1 N–H and O–H groups in total. The Morgan fingerprint density at radius 1 is 0.929 bits per heavy atom. The number of carbonyl (C=O) groups is 1. The number of hydrogen-bond donors (Lipinski definition) is 1. The average Bonchev–Trinajstić information content (AvgIpc) is 3.25. The van der Waals surface area contributed by atoms with E-state index < -0.39 is 0 Å². The summed E-state index contributed by atoms with van der Waals surface area (Å²) in [7, 11) is 0. The molecule has 0 radical (unpaired) electrons. The highest BCUT2D eigenvalue weighted by atomic mass is 32.1. The molecule has 4 aromatic rings. The van der Waals surface area contributed by atoms with E-state index in [1.807, 2.05) is 78.2 Å². The molecule has 0 fully saturated rings. The molecule has 0 unspecified atom stereocenters. The molecule has 2 aromatic heterocycles. The Morgan fingerprint density at radius 2 is 1.71 bits per heavy atom. The third-order valence-electron chi connectivity index (χ3n) is 4.37. The number of thiazole rings is 1. The number of rotatable bonds is 6. The number of aromatic nitrogens is 2. The number of pyridine rings is 1. The lowest BCUT2D eigenvalue weighted by molar-refractivity contribution is 0.0954. The molecule has 0 spiro atoms. The highest BCUT2D eigenvalue weighted by Crippen LogP contribution is 2.30. The molecule has 138 valence electrons. The van der Waals surface area contributed by atoms with Gasteiger partial charge in [-0.25, -0.2) is 4.98 Å². The van der Waals surface area contributed by atoms with E-state index in [0.717, 1.165) is 27.5 Å². The molecule has 0 bridgehead atoms. The van der Waals surface area contributed by atoms with Crippen LogP contribution >= 0.6 is 11.3 Å². The van der Waals surface area contributed by atoms with Gasteiger partial charge in [0.15, 0.2) is 0 Å². The van der Waals surface area contributed by atoms with Crippen LogP contribution in [0.5, 0.6) is 0 Å². The minimum Gasteiger partial charge on any atom is -0.352 e. The Morgan fingerprint density at radius 3 is 2.54 bits per heavy atom. The number of amides is 1. The van der Waals surface area contributed by atoms with Crippen LogP contribution < -0.4 is 5.32 Å². The van der Waals surface area contributed by atoms with Gasteiger partial charge in [0.1, 0.15) is 5.01 Å². The fraction of sp³-hybridized carbons (Fsp3) is 0.0870. The molecule has 0 aliphatic carbocycles. The number of benzene rings is 2. The number of carbonyl (C=O) groups excluding carboxylic acids is 1. The van der Waals surface area contributed by atoms with Crippen LogP contribution in [0, 0.1) is 0 Å². The van der Waals surface area contributed by atoms with Crippen LogP contribution in [0.3, 0.4) is 0 Å². The van der Waals surface area contributed by atoms with Crippen LogP contribution in [-0.2, 0) is 6.42 Å². The first-order valence-corrected chi connectivity index (χ1v) is 9.98. The minimum absolute atomic E-state index is 0.0945. The number of nitrogens with one attached hydrogen (secondary N) is 1. The quantitative estimate of drug-likeness (QED) is 0.516. The molecule has 4 nitrogen and oxygen atoms in total. The lowest BCUT2D eigenvalue weighted by Crippen LogP contribution is -2.26. The normalized spacial score (nSPS) is 10.6. The fourth-order valence-electron chi connectivity index (χ4n) is 2.95. The van der Waals surface area contributed by atoms with Crippen molar-refractivity contribution in [2.75, 3.05) is 6.54 Å². The highest BCUT2D eigenvalue weighted by molar-refractivity contribution is 7.13. The van der Waals surface area contributed by atoms with Crippen molar-refractivity contribution < 1.29 is 4.79 Å². The smallest absolute Gasteiger partial charge is 0.252 e. The molecule has 5 heteroatoms. The van der Waals surface area contributed by atoms with Crippen molar-refractivity contribution in [1.82, 2.24) is 15.3 Å². The predicted molar refractivity (Wildman–Crippen MR) is 113 cm³/mol. The Hall–Kier alpha value is -3.31. The van der Waals surface area contributed by atoms with Gasteiger partial charge in [-0.1, -0.05) is 54.6 Å². The monoisotopic (exact) mass is 385 g/mol. The molecule has 28 heavy (non-hydrogen) atoms. The minimum atomic E-state index is -0.0945. The molecule has 1 amide bonds. The van der Waals surface area contributed by atoms with E-state index in [2.05, 4.69) is 10.3 Å². The molecular formula is C23H19N3OS. The van der Waals surface area contributed by atoms with Crippen molar-refractivity contribution in [3.05, 3.63) is 95.6 Å². The second-order valence-corrected chi connectivity index (χ2v) is 7.13. The standard InChI is InChI=1S/C23H19N3OS/c27-22(25-15-13-18-10-6-7-14-24-18)19-11-4-5-12-20(19)23-26-21(16-28-23)17-8-2-1-3-9-17/h1-12,14,16H,13,15H2,(H,25,27). The summed E-state index contributed by atoms with van der Waals surface area (Å²) in [4.78, 5) is 21.8. The topological polar surface area (TPSA) is 54.9 Å². The molecule has 0 aliphatic heterocycles. The van der Waals surface area contributed by atoms with Crippen LogP contribution in [0.2, 0.25) is 0 Å². The van der Waals surface area contributed by atoms with Gasteiger partial charge in [-0.05, 0) is 18.2 Å². The van der Waals surface area contributed by atoms with Crippen molar-refractivity contribution >= 4 is 17.2 Å². The van der Waals surface area contributed by atoms with Crippen molar-refractivity contribution in [1.29, 1.82) is 0 Å². The molecule has 0 saturated carbocycles. The van der Waals surface area contributed by atoms with Gasteiger partial charge >= 0.3 is 0 Å². The summed E-state index contributed by atoms with van der Waals surface area (Å²) in [6.07, 6.45) is 2.46. The SMILES string of the molecule is O=C(NCCc1ccccn1)c1ccccc1-c1nc(-c2ccccc2)cs1. The highest BCUT2D eigenvalue weighted by Gasteiger charge is 2.15. The molecule has 0 aliphatic rings. The lowest BCUT2D eigenvalue weighted by atomic mass is 10.1. The van der Waals surface area contributed by atoms with Crippen LogP contribution in [0.15, 0.2) is 84.4 Å². The Labute approximate surface area is 167 Å². The summed E-state index contributed by atoms with van der Waals surface area (Å²) >= 11 is 1.55. The van der Waals surface area contributed by atoms with E-state index in [0.29, 0.717) is 18.5 Å². The zero-order valence-corrected chi connectivity index (χ0v) is 16.0. The maximum atomic E-state index is 12.8. The van der Waals surface area contributed by atoms with Gasteiger partial charge in [0.25, 0.3) is 5.91 Å². The average molecular weight is 385 g/mol. The fourth-order valence-corrected chi connectivity index (χ4v) is 3.82. The van der Waals surface area contributed by atoms with Gasteiger partial charge < -0.3 is 5.32 Å². The molecule has 2 aromatic carbocycles. The summed E-state index contributed by atoms with van der Waals surface area (Å²) in [6, 6.07) is 23.5. The van der Waals surface area contributed by atoms with E-state index in [9.17, 15) is 4.79 Å². The first-order valence-electron chi connectivity index (χ1n) is 9.10. The lowest BCUT2D eigenvalue weighted by Gasteiger charge is -2.08. The van der Waals surface area contributed by atoms with Crippen LogP contribution in [0.4, 0.5) is 0 Å². The summed E-state index contributed by atoms with van der Waals surface area (Å²) < 4.78 is 0. The van der Waals surface area contributed by atoms with E-state index >= 15 is 0 Å². The van der Waals surface area contributed by atoms with E-state index in [-0.39, 0.29) is 5.91 Å². The third kappa shape index (κ3) is 4.15. The molecule has 2 heterocycles. The summed E-state index contributed by atoms with van der Waals surface area (Å²) in [5.74, 6) is -0.0945. The molecular weight excluding hydrogens is 366 g/mol. The summed E-state index contributed by atoms with van der Waals surface area (Å²) in [5, 5.41) is 5.86. The predicted octanol–water partition coefficient (Wildman–Crippen LogP) is 4.84. The zero-order valence-electron chi connectivity index (χ0n) is 15.2. The van der Waals surface area contributed by atoms with Gasteiger partial charge in [-0.2, -0.15) is 0 Å². The van der Waals surface area contributed by atoms with Crippen LogP contribution in [0.25, 0.3) is 21.8 Å². The second-order valence-electron chi connectivity index (χ2n) is 6.28. The maximum Gasteiger partial charge on any atom is 0.252 e. The number of hydrogen-bond acceptors (Lipinski definition) is 4. The maximum absolute atomic E-state index is 12.8. The van der Waals surface area contributed by atoms with E-state index in [1.165, 1.54) is 0 Å². The van der Waals surface area contributed by atoms with Crippen molar-refractivity contribution in [3.8, 4) is 21.8 Å². The van der Waals surface area contributed by atoms with Crippen LogP contribution in [0.1, 0.15) is 16.1 Å². The van der Waals surface area contributed by atoms with Crippen molar-refractivity contribution in [2.45, 2.75) is 6.42 Å². The Kier molecular flexibility index (Phi) is 5.54. The first kappa shape index (κ1) is 18.1. The summed E-state index contributed by atoms with van der Waals surface area (Å²) in [6.45, 7) is 0.539. The largest absolute Gasteiger partial charge is 0.352 e. The van der Waals surface area contributed by atoms with Crippen molar-refractivity contribution in [2.24, 2.45) is 0 Å².